The van der Waals surface area contributed by atoms with Gasteiger partial charge in [0.2, 0.25) is 6.39 Å². The maximum atomic E-state index is 5.00. The summed E-state index contributed by atoms with van der Waals surface area (Å²) in [6, 6.07) is 8.76. The van der Waals surface area contributed by atoms with E-state index in [4.69, 9.17) is 4.42 Å². The average Bonchev–Trinajstić information content (AvgIpc) is 3.09. The Kier molecular flexibility index (Phi) is 3.24. The van der Waals surface area contributed by atoms with Gasteiger partial charge in [-0.3, -0.25) is 0 Å². The summed E-state index contributed by atoms with van der Waals surface area (Å²) in [5.74, 6) is 0. The molecule has 0 amide bonds. The number of hydrogen-bond donors (Lipinski definition) is 1. The van der Waals surface area contributed by atoms with E-state index in [0.717, 1.165) is 16.3 Å². The quantitative estimate of drug-likeness (QED) is 0.790. The number of nitrogens with one attached hydrogen (secondary N) is 1. The molecule has 0 aliphatic carbocycles. The van der Waals surface area contributed by atoms with Crippen molar-refractivity contribution in [1.82, 2.24) is 15.2 Å². The summed E-state index contributed by atoms with van der Waals surface area (Å²) in [4.78, 5) is 4.58. The standard InChI is InChI=1S/C13H12N4OS/c1-9-2-4-10(5-3-9)12-16-11(7-19-12)6-14-13-17-15-8-18-13/h2-5,7-8H,6H2,1H3,(H,14,17). The lowest BCUT2D eigenvalue weighted by molar-refractivity contribution is 0.565. The third-order valence-corrected chi connectivity index (χ3v) is 3.57. The first kappa shape index (κ1) is 11.9. The van der Waals surface area contributed by atoms with E-state index in [1.165, 1.54) is 12.0 Å². The van der Waals surface area contributed by atoms with Gasteiger partial charge in [-0.25, -0.2) is 4.98 Å². The Labute approximate surface area is 114 Å². The molecule has 19 heavy (non-hydrogen) atoms. The molecule has 0 spiro atoms. The van der Waals surface area contributed by atoms with E-state index < -0.39 is 0 Å². The van der Waals surface area contributed by atoms with E-state index in [1.807, 2.05) is 5.38 Å². The van der Waals surface area contributed by atoms with Gasteiger partial charge in [0.1, 0.15) is 5.01 Å². The van der Waals surface area contributed by atoms with Crippen molar-refractivity contribution >= 4 is 17.4 Å². The second-order valence-electron chi connectivity index (χ2n) is 4.11. The van der Waals surface area contributed by atoms with Crippen LogP contribution in [0.1, 0.15) is 11.3 Å². The lowest BCUT2D eigenvalue weighted by atomic mass is 10.2. The molecule has 6 heteroatoms. The van der Waals surface area contributed by atoms with Gasteiger partial charge < -0.3 is 9.73 Å². The van der Waals surface area contributed by atoms with Gasteiger partial charge >= 0.3 is 6.01 Å². The number of thiazole rings is 1. The van der Waals surface area contributed by atoms with Crippen LogP contribution in [-0.4, -0.2) is 15.2 Å². The summed E-state index contributed by atoms with van der Waals surface area (Å²) in [5.41, 5.74) is 3.34. The monoisotopic (exact) mass is 272 g/mol. The SMILES string of the molecule is Cc1ccc(-c2nc(CNc3nnco3)cs2)cc1. The van der Waals surface area contributed by atoms with E-state index in [0.29, 0.717) is 12.6 Å². The van der Waals surface area contributed by atoms with E-state index in [1.54, 1.807) is 11.3 Å². The number of hydrogen-bond acceptors (Lipinski definition) is 6. The minimum absolute atomic E-state index is 0.407. The van der Waals surface area contributed by atoms with Crippen molar-refractivity contribution in [2.24, 2.45) is 0 Å². The Balaban J connectivity index is 1.70. The van der Waals surface area contributed by atoms with E-state index in [2.05, 4.69) is 51.7 Å². The Hall–Kier alpha value is -2.21. The van der Waals surface area contributed by atoms with Gasteiger partial charge in [-0.1, -0.05) is 34.9 Å². The van der Waals surface area contributed by atoms with Crippen molar-refractivity contribution in [2.75, 3.05) is 5.32 Å². The molecule has 1 aromatic carbocycles. The highest BCUT2D eigenvalue weighted by Crippen LogP contribution is 2.24. The van der Waals surface area contributed by atoms with Crippen LogP contribution in [0.5, 0.6) is 0 Å². The van der Waals surface area contributed by atoms with Crippen molar-refractivity contribution in [3.63, 3.8) is 0 Å². The number of benzene rings is 1. The van der Waals surface area contributed by atoms with Crippen molar-refractivity contribution in [2.45, 2.75) is 13.5 Å². The van der Waals surface area contributed by atoms with Gasteiger partial charge in [0.15, 0.2) is 0 Å². The Morgan fingerprint density at radius 3 is 2.84 bits per heavy atom. The van der Waals surface area contributed by atoms with Crippen LogP contribution in [0, 0.1) is 6.92 Å². The summed E-state index contributed by atoms with van der Waals surface area (Å²) in [7, 11) is 0. The highest BCUT2D eigenvalue weighted by Gasteiger charge is 2.05. The molecule has 2 aromatic heterocycles. The molecule has 96 valence electrons. The normalized spacial score (nSPS) is 10.6. The van der Waals surface area contributed by atoms with E-state index in [-0.39, 0.29) is 0 Å². The zero-order valence-electron chi connectivity index (χ0n) is 10.3. The third kappa shape index (κ3) is 2.79. The molecule has 0 bridgehead atoms. The van der Waals surface area contributed by atoms with E-state index in [9.17, 15) is 0 Å². The van der Waals surface area contributed by atoms with Crippen LogP contribution in [0.2, 0.25) is 0 Å². The summed E-state index contributed by atoms with van der Waals surface area (Å²) in [6.07, 6.45) is 1.29. The van der Waals surface area contributed by atoms with Crippen molar-refractivity contribution in [1.29, 1.82) is 0 Å². The lowest BCUT2D eigenvalue weighted by Crippen LogP contribution is -1.99. The predicted molar refractivity (Wildman–Crippen MR) is 73.9 cm³/mol. The molecule has 3 rings (SSSR count). The van der Waals surface area contributed by atoms with Crippen LogP contribution < -0.4 is 5.32 Å². The molecule has 0 unspecified atom stereocenters. The zero-order chi connectivity index (χ0) is 13.1. The highest BCUT2D eigenvalue weighted by atomic mass is 32.1. The average molecular weight is 272 g/mol. The molecule has 0 atom stereocenters. The van der Waals surface area contributed by atoms with Gasteiger partial charge in [0, 0.05) is 10.9 Å². The molecule has 0 saturated carbocycles. The summed E-state index contributed by atoms with van der Waals surface area (Å²) in [6.45, 7) is 2.65. The smallest absolute Gasteiger partial charge is 0.315 e. The molecule has 2 heterocycles. The Morgan fingerprint density at radius 2 is 2.11 bits per heavy atom. The van der Waals surface area contributed by atoms with Gasteiger partial charge in [0.25, 0.3) is 0 Å². The van der Waals surface area contributed by atoms with Crippen molar-refractivity contribution in [3.8, 4) is 10.6 Å². The first-order valence-electron chi connectivity index (χ1n) is 5.83. The molecule has 0 aliphatic rings. The Bertz CT molecular complexity index is 646. The lowest BCUT2D eigenvalue weighted by Gasteiger charge is -1.98. The van der Waals surface area contributed by atoms with Gasteiger partial charge in [-0.2, -0.15) is 0 Å². The first-order chi connectivity index (χ1) is 9.31. The van der Waals surface area contributed by atoms with Crippen LogP contribution in [0.3, 0.4) is 0 Å². The number of anilines is 1. The summed E-state index contributed by atoms with van der Waals surface area (Å²) < 4.78 is 5.00. The topological polar surface area (TPSA) is 63.8 Å². The third-order valence-electron chi connectivity index (χ3n) is 2.63. The molecule has 1 N–H and O–H groups in total. The number of aromatic nitrogens is 3. The van der Waals surface area contributed by atoms with Crippen LogP contribution in [-0.2, 0) is 6.54 Å². The van der Waals surface area contributed by atoms with Gasteiger partial charge in [-0.05, 0) is 6.92 Å². The summed E-state index contributed by atoms with van der Waals surface area (Å²) in [5, 5.41) is 13.4. The first-order valence-corrected chi connectivity index (χ1v) is 6.71. The van der Waals surface area contributed by atoms with E-state index >= 15 is 0 Å². The van der Waals surface area contributed by atoms with Crippen molar-refractivity contribution in [3.05, 3.63) is 47.3 Å². The minimum atomic E-state index is 0.407. The van der Waals surface area contributed by atoms with Gasteiger partial charge in [0.05, 0.1) is 12.2 Å². The van der Waals surface area contributed by atoms with Crippen molar-refractivity contribution < 1.29 is 4.42 Å². The molecular formula is C13H12N4OS. The second-order valence-corrected chi connectivity index (χ2v) is 4.97. The molecule has 0 fully saturated rings. The Morgan fingerprint density at radius 1 is 1.26 bits per heavy atom. The summed E-state index contributed by atoms with van der Waals surface area (Å²) >= 11 is 1.63. The molecule has 0 aliphatic heterocycles. The fourth-order valence-electron chi connectivity index (χ4n) is 1.63. The minimum Gasteiger partial charge on any atom is -0.411 e. The van der Waals surface area contributed by atoms with Crippen LogP contribution >= 0.6 is 11.3 Å². The largest absolute Gasteiger partial charge is 0.411 e. The number of rotatable bonds is 4. The number of nitrogens with zero attached hydrogens (tertiary/aromatic N) is 3. The molecular weight excluding hydrogens is 260 g/mol. The zero-order valence-corrected chi connectivity index (χ0v) is 11.1. The fraction of sp³-hybridized carbons (Fsp3) is 0.154. The number of aryl methyl sites for hydroxylation is 1. The van der Waals surface area contributed by atoms with Crippen LogP contribution in [0.4, 0.5) is 6.01 Å². The van der Waals surface area contributed by atoms with Gasteiger partial charge in [-0.15, -0.1) is 16.4 Å². The van der Waals surface area contributed by atoms with Crippen LogP contribution in [0.25, 0.3) is 10.6 Å². The second kappa shape index (κ2) is 5.19. The highest BCUT2D eigenvalue weighted by molar-refractivity contribution is 7.13. The van der Waals surface area contributed by atoms with Crippen LogP contribution in [0.15, 0.2) is 40.5 Å². The molecule has 5 nitrogen and oxygen atoms in total. The molecule has 0 radical (unpaired) electrons. The predicted octanol–water partition coefficient (Wildman–Crippen LogP) is 3.11. The maximum Gasteiger partial charge on any atom is 0.315 e. The molecule has 0 saturated heterocycles. The molecule has 3 aromatic rings. The fourth-order valence-corrected chi connectivity index (χ4v) is 2.46. The maximum absolute atomic E-state index is 5.00.